The number of hydrogen-bond donors (Lipinski definition) is 0. The quantitative estimate of drug-likeness (QED) is 0.706. The first-order chi connectivity index (χ1) is 12.6. The van der Waals surface area contributed by atoms with E-state index in [4.69, 9.17) is 4.42 Å². The van der Waals surface area contributed by atoms with Crippen molar-refractivity contribution in [3.63, 3.8) is 0 Å². The van der Waals surface area contributed by atoms with Crippen molar-refractivity contribution in [1.82, 2.24) is 19.4 Å². The van der Waals surface area contributed by atoms with Gasteiger partial charge in [0.15, 0.2) is 0 Å². The minimum Gasteiger partial charge on any atom is -0.463 e. The fraction of sp³-hybridized carbons (Fsp3) is 0.579. The number of piperazine rings is 1. The summed E-state index contributed by atoms with van der Waals surface area (Å²) in [4.78, 5) is 20.7. The van der Waals surface area contributed by atoms with Crippen LogP contribution in [0.4, 0.5) is 0 Å². The zero-order valence-corrected chi connectivity index (χ0v) is 15.9. The molecule has 0 aromatic carbocycles. The summed E-state index contributed by atoms with van der Waals surface area (Å²) in [6.45, 7) is 11.2. The lowest BCUT2D eigenvalue weighted by molar-refractivity contribution is 0.0559. The van der Waals surface area contributed by atoms with Gasteiger partial charge in [0.2, 0.25) is 5.76 Å². The Morgan fingerprint density at radius 3 is 2.62 bits per heavy atom. The van der Waals surface area contributed by atoms with Crippen LogP contribution in [0.1, 0.15) is 41.9 Å². The Kier molecular flexibility index (Phi) is 6.11. The van der Waals surface area contributed by atoms with E-state index in [1.807, 2.05) is 12.3 Å². The minimum absolute atomic E-state index is 0.266. The zero-order valence-electron chi connectivity index (χ0n) is 15.9. The van der Waals surface area contributed by atoms with Crippen LogP contribution in [0, 0.1) is 0 Å². The fourth-order valence-corrected chi connectivity index (χ4v) is 3.32. The Morgan fingerprint density at radius 2 is 1.92 bits per heavy atom. The van der Waals surface area contributed by atoms with E-state index in [0.29, 0.717) is 5.92 Å². The maximum absolute atomic E-state index is 11.5. The fourth-order valence-electron chi connectivity index (χ4n) is 3.32. The van der Waals surface area contributed by atoms with Gasteiger partial charge in [-0.25, -0.2) is 9.78 Å². The van der Waals surface area contributed by atoms with Crippen LogP contribution >= 0.6 is 0 Å². The van der Waals surface area contributed by atoms with Crippen molar-refractivity contribution in [1.29, 1.82) is 0 Å². The minimum atomic E-state index is -0.429. The Balaban J connectivity index is 1.43. The van der Waals surface area contributed by atoms with Gasteiger partial charge in [-0.2, -0.15) is 0 Å². The van der Waals surface area contributed by atoms with E-state index in [0.717, 1.165) is 57.4 Å². The van der Waals surface area contributed by atoms with Crippen molar-refractivity contribution in [2.75, 3.05) is 39.8 Å². The molecule has 0 amide bonds. The number of nitrogens with zero attached hydrogens (tertiary/aromatic N) is 4. The van der Waals surface area contributed by atoms with E-state index < -0.39 is 5.97 Å². The van der Waals surface area contributed by atoms with Gasteiger partial charge in [0.05, 0.1) is 13.7 Å². The van der Waals surface area contributed by atoms with Gasteiger partial charge in [0.25, 0.3) is 0 Å². The van der Waals surface area contributed by atoms with Crippen LogP contribution in [0.15, 0.2) is 28.9 Å². The highest BCUT2D eigenvalue weighted by Crippen LogP contribution is 2.14. The lowest BCUT2D eigenvalue weighted by Crippen LogP contribution is -2.46. The van der Waals surface area contributed by atoms with Crippen molar-refractivity contribution in [2.45, 2.75) is 32.9 Å². The average Bonchev–Trinajstić information content (AvgIpc) is 3.30. The Hall–Kier alpha value is -2.12. The molecule has 2 aromatic rings. The maximum atomic E-state index is 11.5. The second-order valence-corrected chi connectivity index (χ2v) is 7.01. The van der Waals surface area contributed by atoms with Crippen LogP contribution in [-0.4, -0.2) is 65.2 Å². The van der Waals surface area contributed by atoms with Crippen molar-refractivity contribution < 1.29 is 13.9 Å². The molecule has 3 heterocycles. The molecule has 0 bridgehead atoms. The molecule has 0 spiro atoms. The highest BCUT2D eigenvalue weighted by atomic mass is 16.5. The first-order valence-electron chi connectivity index (χ1n) is 9.19. The number of methoxy groups -OCH3 is 1. The smallest absolute Gasteiger partial charge is 0.373 e. The van der Waals surface area contributed by atoms with Crippen LogP contribution < -0.4 is 0 Å². The third-order valence-electron chi connectivity index (χ3n) is 4.81. The Morgan fingerprint density at radius 1 is 1.19 bits per heavy atom. The van der Waals surface area contributed by atoms with Crippen LogP contribution in [0.3, 0.4) is 0 Å². The lowest BCUT2D eigenvalue weighted by atomic mass is 10.2. The van der Waals surface area contributed by atoms with E-state index in [9.17, 15) is 4.79 Å². The second kappa shape index (κ2) is 8.51. The molecule has 0 aliphatic carbocycles. The van der Waals surface area contributed by atoms with Crippen LogP contribution in [0.5, 0.6) is 0 Å². The first-order valence-corrected chi connectivity index (χ1v) is 9.19. The number of esters is 1. The van der Waals surface area contributed by atoms with Gasteiger partial charge in [-0.1, -0.05) is 13.8 Å². The van der Waals surface area contributed by atoms with E-state index >= 15 is 0 Å². The predicted octanol–water partition coefficient (Wildman–Crippen LogP) is 2.20. The van der Waals surface area contributed by atoms with Gasteiger partial charge in [0, 0.05) is 57.6 Å². The SMILES string of the molecule is COC(=O)c1ccc(CN2CCN(CCn3ccnc3C(C)C)CC2)o1. The number of hydrogen-bond acceptors (Lipinski definition) is 6. The first kappa shape index (κ1) is 18.7. The van der Waals surface area contributed by atoms with Gasteiger partial charge < -0.3 is 13.7 Å². The molecular weight excluding hydrogens is 332 g/mol. The lowest BCUT2D eigenvalue weighted by Gasteiger charge is -2.34. The van der Waals surface area contributed by atoms with Crippen LogP contribution in [0.2, 0.25) is 0 Å². The molecule has 0 atom stereocenters. The summed E-state index contributed by atoms with van der Waals surface area (Å²) in [7, 11) is 1.36. The van der Waals surface area contributed by atoms with E-state index in [-0.39, 0.29) is 5.76 Å². The second-order valence-electron chi connectivity index (χ2n) is 7.01. The molecular formula is C19H28N4O3. The highest BCUT2D eigenvalue weighted by molar-refractivity contribution is 5.86. The number of furan rings is 1. The molecule has 0 saturated carbocycles. The molecule has 1 fully saturated rings. The molecule has 7 nitrogen and oxygen atoms in total. The predicted molar refractivity (Wildman–Crippen MR) is 98.1 cm³/mol. The molecule has 142 valence electrons. The Labute approximate surface area is 154 Å². The van der Waals surface area contributed by atoms with Crippen LogP contribution in [-0.2, 0) is 17.8 Å². The Bertz CT molecular complexity index is 714. The van der Waals surface area contributed by atoms with Crippen molar-refractivity contribution in [3.8, 4) is 0 Å². The van der Waals surface area contributed by atoms with Gasteiger partial charge in [-0.3, -0.25) is 9.80 Å². The molecule has 1 aliphatic rings. The van der Waals surface area contributed by atoms with Crippen LogP contribution in [0.25, 0.3) is 0 Å². The standard InChI is InChI=1S/C19H28N4O3/c1-15(2)18-20-6-7-23(18)13-12-21-8-10-22(11-9-21)14-16-4-5-17(26-16)19(24)25-3/h4-7,15H,8-14H2,1-3H3. The van der Waals surface area contributed by atoms with Gasteiger partial charge in [-0.15, -0.1) is 0 Å². The zero-order chi connectivity index (χ0) is 18.5. The highest BCUT2D eigenvalue weighted by Gasteiger charge is 2.19. The number of aromatic nitrogens is 2. The number of ether oxygens (including phenoxy) is 1. The molecule has 0 N–H and O–H groups in total. The molecule has 1 aliphatic heterocycles. The van der Waals surface area contributed by atoms with Gasteiger partial charge in [-0.05, 0) is 12.1 Å². The van der Waals surface area contributed by atoms with E-state index in [1.165, 1.54) is 7.11 Å². The van der Waals surface area contributed by atoms with Crippen molar-refractivity contribution in [2.24, 2.45) is 0 Å². The molecule has 26 heavy (non-hydrogen) atoms. The summed E-state index contributed by atoms with van der Waals surface area (Å²) < 4.78 is 12.5. The topological polar surface area (TPSA) is 63.7 Å². The third kappa shape index (κ3) is 4.53. The third-order valence-corrected chi connectivity index (χ3v) is 4.81. The summed E-state index contributed by atoms with van der Waals surface area (Å²) >= 11 is 0. The molecule has 2 aromatic heterocycles. The summed E-state index contributed by atoms with van der Waals surface area (Å²) in [6.07, 6.45) is 3.96. The number of imidazole rings is 1. The summed E-state index contributed by atoms with van der Waals surface area (Å²) in [5, 5.41) is 0. The molecule has 0 unspecified atom stereocenters. The summed E-state index contributed by atoms with van der Waals surface area (Å²) in [5.41, 5.74) is 0. The van der Waals surface area contributed by atoms with Gasteiger partial charge in [0.1, 0.15) is 11.6 Å². The largest absolute Gasteiger partial charge is 0.463 e. The molecule has 0 radical (unpaired) electrons. The van der Waals surface area contributed by atoms with Gasteiger partial charge >= 0.3 is 5.97 Å². The monoisotopic (exact) mass is 360 g/mol. The number of carbonyl (C=O) groups excluding carboxylic acids is 1. The summed E-state index contributed by atoms with van der Waals surface area (Å²) in [6, 6.07) is 3.53. The average molecular weight is 360 g/mol. The number of carbonyl (C=O) groups is 1. The van der Waals surface area contributed by atoms with Crippen molar-refractivity contribution >= 4 is 5.97 Å². The van der Waals surface area contributed by atoms with E-state index in [1.54, 1.807) is 6.07 Å². The molecule has 7 heteroatoms. The molecule has 3 rings (SSSR count). The summed E-state index contributed by atoms with van der Waals surface area (Å²) in [5.74, 6) is 2.25. The normalized spacial score (nSPS) is 16.3. The van der Waals surface area contributed by atoms with E-state index in [2.05, 4.69) is 44.1 Å². The molecule has 1 saturated heterocycles. The van der Waals surface area contributed by atoms with Crippen molar-refractivity contribution in [3.05, 3.63) is 41.9 Å². The maximum Gasteiger partial charge on any atom is 0.373 e. The number of rotatable bonds is 7.